The molecule has 0 atom stereocenters. The van der Waals surface area contributed by atoms with Crippen LogP contribution in [0.2, 0.25) is 0 Å². The van der Waals surface area contributed by atoms with Gasteiger partial charge in [0.15, 0.2) is 6.29 Å². The Kier molecular flexibility index (Phi) is 6.02. The maximum atomic E-state index is 12.8. The lowest BCUT2D eigenvalue weighted by Gasteiger charge is -2.35. The van der Waals surface area contributed by atoms with E-state index in [0.717, 1.165) is 13.1 Å². The first-order valence-electron chi connectivity index (χ1n) is 8.64. The minimum absolute atomic E-state index is 0.0113. The summed E-state index contributed by atoms with van der Waals surface area (Å²) in [5, 5.41) is 0. The van der Waals surface area contributed by atoms with Crippen LogP contribution in [0.3, 0.4) is 0 Å². The third-order valence-electron chi connectivity index (χ3n) is 4.72. The predicted molar refractivity (Wildman–Crippen MR) is 94.4 cm³/mol. The number of amides is 1. The second-order valence-electron chi connectivity index (χ2n) is 6.33. The van der Waals surface area contributed by atoms with Crippen LogP contribution in [0.15, 0.2) is 29.2 Å². The summed E-state index contributed by atoms with van der Waals surface area (Å²) in [7, 11) is -3.74. The highest BCUT2D eigenvalue weighted by molar-refractivity contribution is 7.89. The summed E-state index contributed by atoms with van der Waals surface area (Å²) >= 11 is 0. The Bertz CT molecular complexity index is 753. The maximum Gasteiger partial charge on any atom is 0.243 e. The number of sulfonamides is 1. The molecule has 2 aliphatic heterocycles. The van der Waals surface area contributed by atoms with Crippen molar-refractivity contribution in [1.82, 2.24) is 14.1 Å². The van der Waals surface area contributed by atoms with Crippen molar-refractivity contribution in [2.24, 2.45) is 0 Å². The van der Waals surface area contributed by atoms with Gasteiger partial charge in [-0.15, -0.1) is 0 Å². The van der Waals surface area contributed by atoms with Crippen molar-refractivity contribution in [2.75, 3.05) is 59.0 Å². The molecule has 0 unspecified atom stereocenters. The van der Waals surface area contributed by atoms with Gasteiger partial charge in [-0.25, -0.2) is 8.42 Å². The second kappa shape index (κ2) is 8.26. The summed E-state index contributed by atoms with van der Waals surface area (Å²) < 4.78 is 32.2. The molecule has 0 N–H and O–H groups in total. The van der Waals surface area contributed by atoms with Crippen molar-refractivity contribution < 1.29 is 22.7 Å². The number of carbonyl (C=O) groups is 2. The molecule has 0 spiro atoms. The van der Waals surface area contributed by atoms with E-state index >= 15 is 0 Å². The van der Waals surface area contributed by atoms with E-state index in [0.29, 0.717) is 39.1 Å². The van der Waals surface area contributed by atoms with E-state index in [2.05, 4.69) is 4.90 Å². The number of aldehydes is 1. The van der Waals surface area contributed by atoms with Gasteiger partial charge in [-0.05, 0) is 6.07 Å². The van der Waals surface area contributed by atoms with E-state index in [1.54, 1.807) is 17.0 Å². The van der Waals surface area contributed by atoms with Crippen LogP contribution in [-0.4, -0.2) is 93.7 Å². The normalized spacial score (nSPS) is 20.1. The summed E-state index contributed by atoms with van der Waals surface area (Å²) in [5.41, 5.74) is 0.151. The summed E-state index contributed by atoms with van der Waals surface area (Å²) in [4.78, 5) is 27.3. The Balaban J connectivity index is 1.60. The summed E-state index contributed by atoms with van der Waals surface area (Å²) in [6.45, 7) is 4.24. The van der Waals surface area contributed by atoms with Crippen molar-refractivity contribution in [3.8, 4) is 0 Å². The highest BCUT2D eigenvalue weighted by Gasteiger charge is 2.31. The molecule has 1 aromatic carbocycles. The zero-order valence-corrected chi connectivity index (χ0v) is 15.4. The molecule has 142 valence electrons. The number of morpholine rings is 1. The van der Waals surface area contributed by atoms with E-state index in [1.165, 1.54) is 16.4 Å². The standard InChI is InChI=1S/C17H23N3O5S/c21-14-15-3-1-2-4-16(15)26(23,24)20-7-5-19(6-8-20)17(22)13-18-9-11-25-12-10-18/h1-4,14H,5-13H2. The first-order valence-corrected chi connectivity index (χ1v) is 10.1. The molecule has 8 nitrogen and oxygen atoms in total. The lowest BCUT2D eigenvalue weighted by atomic mass is 10.2. The Hall–Kier alpha value is -1.81. The molecule has 3 rings (SSSR count). The van der Waals surface area contributed by atoms with Crippen molar-refractivity contribution in [1.29, 1.82) is 0 Å². The summed E-state index contributed by atoms with van der Waals surface area (Å²) in [5.74, 6) is 0.0113. The SMILES string of the molecule is O=Cc1ccccc1S(=O)(=O)N1CCN(C(=O)CN2CCOCC2)CC1. The zero-order valence-electron chi connectivity index (χ0n) is 14.5. The number of piperazine rings is 1. The van der Waals surface area contributed by atoms with Gasteiger partial charge in [-0.3, -0.25) is 14.5 Å². The molecule has 1 amide bonds. The highest BCUT2D eigenvalue weighted by Crippen LogP contribution is 2.20. The molecular formula is C17H23N3O5S. The van der Waals surface area contributed by atoms with E-state index < -0.39 is 10.0 Å². The van der Waals surface area contributed by atoms with Gasteiger partial charge in [0.05, 0.1) is 24.7 Å². The van der Waals surface area contributed by atoms with Crippen LogP contribution in [0.4, 0.5) is 0 Å². The monoisotopic (exact) mass is 381 g/mol. The molecule has 0 radical (unpaired) electrons. The fraction of sp³-hybridized carbons (Fsp3) is 0.529. The van der Waals surface area contributed by atoms with Crippen molar-refractivity contribution >= 4 is 22.2 Å². The molecule has 1 aromatic rings. The van der Waals surface area contributed by atoms with Crippen molar-refractivity contribution in [3.05, 3.63) is 29.8 Å². The highest BCUT2D eigenvalue weighted by atomic mass is 32.2. The number of hydrogen-bond donors (Lipinski definition) is 0. The quantitative estimate of drug-likeness (QED) is 0.649. The Morgan fingerprint density at radius 2 is 1.69 bits per heavy atom. The number of benzene rings is 1. The van der Waals surface area contributed by atoms with Gasteiger partial charge in [-0.2, -0.15) is 4.31 Å². The average Bonchev–Trinajstić information content (AvgIpc) is 2.68. The topological polar surface area (TPSA) is 87.2 Å². The number of hydrogen-bond acceptors (Lipinski definition) is 6. The van der Waals surface area contributed by atoms with Crippen LogP contribution in [0.1, 0.15) is 10.4 Å². The number of nitrogens with zero attached hydrogens (tertiary/aromatic N) is 3. The molecule has 9 heteroatoms. The summed E-state index contributed by atoms with van der Waals surface area (Å²) in [6, 6.07) is 6.16. The fourth-order valence-corrected chi connectivity index (χ4v) is 4.77. The predicted octanol–water partition coefficient (Wildman–Crippen LogP) is -0.336. The van der Waals surface area contributed by atoms with Crippen molar-refractivity contribution in [3.63, 3.8) is 0 Å². The average molecular weight is 381 g/mol. The first-order chi connectivity index (χ1) is 12.5. The molecule has 2 fully saturated rings. The van der Waals surface area contributed by atoms with E-state index in [-0.39, 0.29) is 29.5 Å². The molecular weight excluding hydrogens is 358 g/mol. The summed E-state index contributed by atoms with van der Waals surface area (Å²) in [6.07, 6.45) is 0.551. The third kappa shape index (κ3) is 4.12. The fourth-order valence-electron chi connectivity index (χ4n) is 3.18. The van der Waals surface area contributed by atoms with Crippen LogP contribution in [0, 0.1) is 0 Å². The molecule has 0 saturated carbocycles. The lowest BCUT2D eigenvalue weighted by Crippen LogP contribution is -2.53. The Morgan fingerprint density at radius 1 is 1.04 bits per heavy atom. The van der Waals surface area contributed by atoms with Crippen LogP contribution >= 0.6 is 0 Å². The maximum absolute atomic E-state index is 12.8. The third-order valence-corrected chi connectivity index (χ3v) is 6.69. The van der Waals surface area contributed by atoms with Gasteiger partial charge in [0.2, 0.25) is 15.9 Å². The molecule has 26 heavy (non-hydrogen) atoms. The van der Waals surface area contributed by atoms with Crippen LogP contribution < -0.4 is 0 Å². The second-order valence-corrected chi connectivity index (χ2v) is 8.24. The molecule has 2 aliphatic rings. The van der Waals surface area contributed by atoms with E-state index in [9.17, 15) is 18.0 Å². The first kappa shape index (κ1) is 19.0. The van der Waals surface area contributed by atoms with Gasteiger partial charge in [0, 0.05) is 44.8 Å². The van der Waals surface area contributed by atoms with E-state index in [4.69, 9.17) is 4.74 Å². The molecule has 0 aromatic heterocycles. The molecule has 0 aliphatic carbocycles. The van der Waals surface area contributed by atoms with Crippen LogP contribution in [0.25, 0.3) is 0 Å². The molecule has 0 bridgehead atoms. The van der Waals surface area contributed by atoms with E-state index in [1.807, 2.05) is 0 Å². The Morgan fingerprint density at radius 3 is 2.35 bits per heavy atom. The van der Waals surface area contributed by atoms with Crippen molar-refractivity contribution in [2.45, 2.75) is 4.90 Å². The van der Waals surface area contributed by atoms with Gasteiger partial charge in [0.25, 0.3) is 0 Å². The minimum atomic E-state index is -3.74. The Labute approximate surface area is 153 Å². The van der Waals surface area contributed by atoms with Crippen LogP contribution in [-0.2, 0) is 19.6 Å². The van der Waals surface area contributed by atoms with Gasteiger partial charge in [-0.1, -0.05) is 18.2 Å². The number of rotatable bonds is 5. The zero-order chi connectivity index (χ0) is 18.6. The van der Waals surface area contributed by atoms with Gasteiger partial charge < -0.3 is 9.64 Å². The molecule has 2 heterocycles. The lowest BCUT2D eigenvalue weighted by molar-refractivity contribution is -0.134. The minimum Gasteiger partial charge on any atom is -0.379 e. The van der Waals surface area contributed by atoms with Crippen LogP contribution in [0.5, 0.6) is 0 Å². The van der Waals surface area contributed by atoms with Gasteiger partial charge in [0.1, 0.15) is 0 Å². The molecule has 2 saturated heterocycles. The number of carbonyl (C=O) groups excluding carboxylic acids is 2. The smallest absolute Gasteiger partial charge is 0.243 e. The van der Waals surface area contributed by atoms with Gasteiger partial charge >= 0.3 is 0 Å². The largest absolute Gasteiger partial charge is 0.379 e. The number of ether oxygens (including phenoxy) is 1.